The zero-order chi connectivity index (χ0) is 12.1. The van der Waals surface area contributed by atoms with Crippen molar-refractivity contribution in [1.82, 2.24) is 4.90 Å². The molecule has 0 spiro atoms. The fourth-order valence-corrected chi connectivity index (χ4v) is 1.84. The molecule has 0 aromatic rings. The van der Waals surface area contributed by atoms with Gasteiger partial charge in [-0.05, 0) is 6.42 Å². The number of carboxylic acids is 1. The maximum absolute atomic E-state index is 11.5. The standard InChI is InChI=1S/C10H17NO5/c1-3-4-11(10(14)15-2)8-6-16-5-7(8)9(12)13/h7-8H,3-6H2,1-2H3,(H,12,13). The number of ether oxygens (including phenoxy) is 2. The van der Waals surface area contributed by atoms with E-state index in [9.17, 15) is 9.59 Å². The molecule has 1 N–H and O–H groups in total. The zero-order valence-electron chi connectivity index (χ0n) is 9.51. The van der Waals surface area contributed by atoms with Crippen LogP contribution in [0.3, 0.4) is 0 Å². The summed E-state index contributed by atoms with van der Waals surface area (Å²) in [7, 11) is 1.29. The maximum atomic E-state index is 11.5. The second kappa shape index (κ2) is 5.69. The molecule has 0 aromatic carbocycles. The van der Waals surface area contributed by atoms with E-state index in [0.717, 1.165) is 6.42 Å². The lowest BCUT2D eigenvalue weighted by molar-refractivity contribution is -0.142. The van der Waals surface area contributed by atoms with E-state index in [-0.39, 0.29) is 13.2 Å². The Balaban J connectivity index is 2.76. The van der Waals surface area contributed by atoms with Crippen molar-refractivity contribution in [2.75, 3.05) is 26.9 Å². The molecule has 0 saturated carbocycles. The zero-order valence-corrected chi connectivity index (χ0v) is 9.51. The Morgan fingerprint density at radius 1 is 1.50 bits per heavy atom. The van der Waals surface area contributed by atoms with Crippen LogP contribution in [0.2, 0.25) is 0 Å². The first-order chi connectivity index (χ1) is 7.61. The summed E-state index contributed by atoms with van der Waals surface area (Å²) < 4.78 is 9.77. The molecule has 6 heteroatoms. The molecule has 1 amide bonds. The third-order valence-corrected chi connectivity index (χ3v) is 2.64. The van der Waals surface area contributed by atoms with E-state index in [2.05, 4.69) is 4.74 Å². The second-order valence-electron chi connectivity index (χ2n) is 3.71. The highest BCUT2D eigenvalue weighted by atomic mass is 16.5. The average molecular weight is 231 g/mol. The number of nitrogens with zero attached hydrogens (tertiary/aromatic N) is 1. The minimum atomic E-state index is -0.937. The largest absolute Gasteiger partial charge is 0.481 e. The van der Waals surface area contributed by atoms with Crippen molar-refractivity contribution in [1.29, 1.82) is 0 Å². The van der Waals surface area contributed by atoms with Gasteiger partial charge in [0.1, 0.15) is 5.92 Å². The van der Waals surface area contributed by atoms with Crippen molar-refractivity contribution in [2.45, 2.75) is 19.4 Å². The van der Waals surface area contributed by atoms with Gasteiger partial charge in [0, 0.05) is 6.54 Å². The summed E-state index contributed by atoms with van der Waals surface area (Å²) in [6.07, 6.45) is 0.251. The number of aliphatic carboxylic acids is 1. The molecule has 16 heavy (non-hydrogen) atoms. The van der Waals surface area contributed by atoms with Gasteiger partial charge in [0.15, 0.2) is 0 Å². The van der Waals surface area contributed by atoms with Gasteiger partial charge in [-0.15, -0.1) is 0 Å². The van der Waals surface area contributed by atoms with Crippen LogP contribution in [0.15, 0.2) is 0 Å². The van der Waals surface area contributed by atoms with Crippen molar-refractivity contribution in [3.8, 4) is 0 Å². The molecule has 0 bridgehead atoms. The first kappa shape index (κ1) is 12.8. The predicted octanol–water partition coefficient (Wildman–Crippen LogP) is 0.564. The molecular weight excluding hydrogens is 214 g/mol. The summed E-state index contributed by atoms with van der Waals surface area (Å²) in [6.45, 7) is 2.80. The van der Waals surface area contributed by atoms with Crippen LogP contribution in [0.4, 0.5) is 4.79 Å². The Labute approximate surface area is 94.1 Å². The molecule has 0 radical (unpaired) electrons. The van der Waals surface area contributed by atoms with Crippen LogP contribution >= 0.6 is 0 Å². The summed E-state index contributed by atoms with van der Waals surface area (Å²) in [5.74, 6) is -1.60. The number of hydrogen-bond donors (Lipinski definition) is 1. The molecule has 1 saturated heterocycles. The second-order valence-corrected chi connectivity index (χ2v) is 3.71. The van der Waals surface area contributed by atoms with Gasteiger partial charge in [0.05, 0.1) is 26.4 Å². The van der Waals surface area contributed by atoms with Gasteiger partial charge in [-0.25, -0.2) is 4.79 Å². The third kappa shape index (κ3) is 2.63. The number of rotatable bonds is 4. The molecule has 2 atom stereocenters. The Morgan fingerprint density at radius 2 is 2.19 bits per heavy atom. The minimum absolute atomic E-state index is 0.150. The normalized spacial score (nSPS) is 24.1. The monoisotopic (exact) mass is 231 g/mol. The molecule has 92 valence electrons. The van der Waals surface area contributed by atoms with Gasteiger partial charge in [-0.3, -0.25) is 4.79 Å². The van der Waals surface area contributed by atoms with Crippen LogP contribution in [-0.4, -0.2) is 55.0 Å². The molecule has 2 unspecified atom stereocenters. The van der Waals surface area contributed by atoms with Crippen molar-refractivity contribution in [3.63, 3.8) is 0 Å². The number of hydrogen-bond acceptors (Lipinski definition) is 4. The average Bonchev–Trinajstić information content (AvgIpc) is 2.73. The summed E-state index contributed by atoms with van der Waals surface area (Å²) in [4.78, 5) is 23.9. The lowest BCUT2D eigenvalue weighted by Crippen LogP contribution is -2.46. The summed E-state index contributed by atoms with van der Waals surface area (Å²) in [6, 6.07) is -0.426. The number of methoxy groups -OCH3 is 1. The summed E-state index contributed by atoms with van der Waals surface area (Å²) in [5.41, 5.74) is 0. The van der Waals surface area contributed by atoms with E-state index in [0.29, 0.717) is 6.54 Å². The fourth-order valence-electron chi connectivity index (χ4n) is 1.84. The molecule has 1 aliphatic rings. The Bertz CT molecular complexity index is 268. The van der Waals surface area contributed by atoms with E-state index in [1.807, 2.05) is 6.92 Å². The highest BCUT2D eigenvalue weighted by Gasteiger charge is 2.40. The molecule has 1 aliphatic heterocycles. The van der Waals surface area contributed by atoms with Crippen LogP contribution in [-0.2, 0) is 14.3 Å². The van der Waals surface area contributed by atoms with Crippen molar-refractivity contribution < 1.29 is 24.2 Å². The SMILES string of the molecule is CCCN(C(=O)OC)C1COCC1C(=O)O. The Morgan fingerprint density at radius 3 is 2.69 bits per heavy atom. The van der Waals surface area contributed by atoms with E-state index < -0.39 is 24.0 Å². The highest BCUT2D eigenvalue weighted by Crippen LogP contribution is 2.21. The quantitative estimate of drug-likeness (QED) is 0.765. The van der Waals surface area contributed by atoms with E-state index >= 15 is 0 Å². The van der Waals surface area contributed by atoms with E-state index in [1.165, 1.54) is 12.0 Å². The fraction of sp³-hybridized carbons (Fsp3) is 0.800. The minimum Gasteiger partial charge on any atom is -0.481 e. The van der Waals surface area contributed by atoms with Gasteiger partial charge >= 0.3 is 12.1 Å². The van der Waals surface area contributed by atoms with E-state index in [4.69, 9.17) is 9.84 Å². The lowest BCUT2D eigenvalue weighted by atomic mass is 10.0. The maximum Gasteiger partial charge on any atom is 0.409 e. The van der Waals surface area contributed by atoms with Crippen LogP contribution < -0.4 is 0 Å². The van der Waals surface area contributed by atoms with Gasteiger partial charge in [0.2, 0.25) is 0 Å². The molecule has 1 heterocycles. The van der Waals surface area contributed by atoms with Gasteiger partial charge in [-0.1, -0.05) is 6.92 Å². The topological polar surface area (TPSA) is 76.1 Å². The van der Waals surface area contributed by atoms with Crippen LogP contribution in [0.5, 0.6) is 0 Å². The van der Waals surface area contributed by atoms with Gasteiger partial charge in [0.25, 0.3) is 0 Å². The van der Waals surface area contributed by atoms with Crippen LogP contribution in [0, 0.1) is 5.92 Å². The molecule has 1 fully saturated rings. The van der Waals surface area contributed by atoms with Gasteiger partial charge < -0.3 is 19.5 Å². The first-order valence-electron chi connectivity index (χ1n) is 5.27. The Kier molecular flexibility index (Phi) is 4.54. The smallest absolute Gasteiger partial charge is 0.409 e. The van der Waals surface area contributed by atoms with Crippen molar-refractivity contribution in [2.24, 2.45) is 5.92 Å². The number of carbonyl (C=O) groups excluding carboxylic acids is 1. The molecule has 0 aromatic heterocycles. The number of amides is 1. The summed E-state index contributed by atoms with van der Waals surface area (Å²) in [5, 5.41) is 9.00. The van der Waals surface area contributed by atoms with Crippen LogP contribution in [0.25, 0.3) is 0 Å². The molecule has 6 nitrogen and oxygen atoms in total. The van der Waals surface area contributed by atoms with Crippen molar-refractivity contribution in [3.05, 3.63) is 0 Å². The molecular formula is C10H17NO5. The number of carbonyl (C=O) groups is 2. The summed E-state index contributed by atoms with van der Waals surface area (Å²) >= 11 is 0. The van der Waals surface area contributed by atoms with E-state index in [1.54, 1.807) is 0 Å². The number of carboxylic acid groups (broad SMARTS) is 1. The molecule has 1 rings (SSSR count). The first-order valence-corrected chi connectivity index (χ1v) is 5.27. The van der Waals surface area contributed by atoms with Crippen LogP contribution in [0.1, 0.15) is 13.3 Å². The molecule has 0 aliphatic carbocycles. The Hall–Kier alpha value is -1.30. The third-order valence-electron chi connectivity index (χ3n) is 2.64. The highest BCUT2D eigenvalue weighted by molar-refractivity contribution is 5.74. The van der Waals surface area contributed by atoms with Gasteiger partial charge in [-0.2, -0.15) is 0 Å². The lowest BCUT2D eigenvalue weighted by Gasteiger charge is -2.28. The predicted molar refractivity (Wildman–Crippen MR) is 55.1 cm³/mol. The van der Waals surface area contributed by atoms with Crippen molar-refractivity contribution >= 4 is 12.1 Å².